The van der Waals surface area contributed by atoms with Crippen molar-refractivity contribution in [3.05, 3.63) is 65.5 Å². The number of nitrogens with one attached hydrogen (secondary N) is 1. The van der Waals surface area contributed by atoms with E-state index in [2.05, 4.69) is 5.32 Å². The van der Waals surface area contributed by atoms with Crippen LogP contribution >= 0.6 is 0 Å². The van der Waals surface area contributed by atoms with Crippen molar-refractivity contribution in [1.29, 1.82) is 0 Å². The van der Waals surface area contributed by atoms with E-state index in [1.54, 1.807) is 51.1 Å². The van der Waals surface area contributed by atoms with E-state index in [-0.39, 0.29) is 31.0 Å². The molecular formula is C22H27FN2O5S. The van der Waals surface area contributed by atoms with E-state index in [1.165, 1.54) is 4.31 Å². The first kappa shape index (κ1) is 24.5. The van der Waals surface area contributed by atoms with Crippen LogP contribution in [0, 0.1) is 5.82 Å². The van der Waals surface area contributed by atoms with Gasteiger partial charge in [0.15, 0.2) is 0 Å². The van der Waals surface area contributed by atoms with Gasteiger partial charge in [0, 0.05) is 13.1 Å². The fourth-order valence-electron chi connectivity index (χ4n) is 3.11. The molecule has 0 aromatic heterocycles. The highest BCUT2D eigenvalue weighted by Gasteiger charge is 2.26. The Morgan fingerprint density at radius 3 is 2.29 bits per heavy atom. The van der Waals surface area contributed by atoms with E-state index >= 15 is 0 Å². The minimum Gasteiger partial charge on any atom is -0.466 e. The molecule has 1 atom stereocenters. The normalized spacial score (nSPS) is 12.4. The molecule has 0 aliphatic carbocycles. The molecule has 2 aromatic carbocycles. The molecule has 0 heterocycles. The molecule has 0 bridgehead atoms. The van der Waals surface area contributed by atoms with Crippen LogP contribution in [-0.4, -0.2) is 44.3 Å². The average molecular weight is 451 g/mol. The molecule has 0 saturated heterocycles. The Morgan fingerprint density at radius 1 is 1.06 bits per heavy atom. The van der Waals surface area contributed by atoms with Crippen LogP contribution in [0.2, 0.25) is 0 Å². The molecule has 2 aromatic rings. The lowest BCUT2D eigenvalue weighted by molar-refractivity contribution is -0.143. The monoisotopic (exact) mass is 450 g/mol. The number of sulfonamides is 1. The Hall–Kier alpha value is -2.78. The van der Waals surface area contributed by atoms with Crippen molar-refractivity contribution in [2.24, 2.45) is 0 Å². The molecule has 168 valence electrons. The summed E-state index contributed by atoms with van der Waals surface area (Å²) >= 11 is 0. The summed E-state index contributed by atoms with van der Waals surface area (Å²) in [5, 5.41) is 2.63. The van der Waals surface area contributed by atoms with Crippen molar-refractivity contribution in [2.75, 3.05) is 19.7 Å². The fraction of sp³-hybridized carbons (Fsp3) is 0.364. The quantitative estimate of drug-likeness (QED) is 0.561. The predicted molar refractivity (Wildman–Crippen MR) is 114 cm³/mol. The van der Waals surface area contributed by atoms with Crippen LogP contribution < -0.4 is 5.32 Å². The maximum atomic E-state index is 14.4. The predicted octanol–water partition coefficient (Wildman–Crippen LogP) is 3.28. The third-order valence-corrected chi connectivity index (χ3v) is 6.75. The second-order valence-electron chi connectivity index (χ2n) is 6.68. The zero-order valence-electron chi connectivity index (χ0n) is 17.8. The Bertz CT molecular complexity index is 1010. The zero-order valence-corrected chi connectivity index (χ0v) is 18.6. The molecule has 31 heavy (non-hydrogen) atoms. The van der Waals surface area contributed by atoms with Crippen LogP contribution in [0.1, 0.15) is 49.2 Å². The first-order chi connectivity index (χ1) is 14.7. The number of carbonyl (C=O) groups is 2. The van der Waals surface area contributed by atoms with Gasteiger partial charge in [0.05, 0.1) is 29.5 Å². The average Bonchev–Trinajstić information content (AvgIpc) is 2.74. The summed E-state index contributed by atoms with van der Waals surface area (Å²) in [6, 6.07) is 11.1. The number of carbonyl (C=O) groups excluding carboxylic acids is 2. The first-order valence-electron chi connectivity index (χ1n) is 10.1. The molecule has 2 rings (SSSR count). The Kier molecular flexibility index (Phi) is 8.70. The first-order valence-corrected chi connectivity index (χ1v) is 11.5. The second kappa shape index (κ2) is 11.0. The molecule has 7 nitrogen and oxygen atoms in total. The number of esters is 1. The van der Waals surface area contributed by atoms with Gasteiger partial charge in [-0.25, -0.2) is 12.8 Å². The number of halogens is 1. The molecule has 0 aliphatic heterocycles. The third-order valence-electron chi connectivity index (χ3n) is 4.71. The van der Waals surface area contributed by atoms with Crippen molar-refractivity contribution >= 4 is 21.9 Å². The van der Waals surface area contributed by atoms with E-state index in [1.807, 2.05) is 0 Å². The van der Waals surface area contributed by atoms with Crippen LogP contribution in [-0.2, 0) is 19.6 Å². The molecule has 0 radical (unpaired) electrons. The standard InChI is InChI=1S/C22H27FN2O5S/c1-4-25(5-2)31(28,29)17-12-13-19(23)18(14-17)22(27)24-20(15-21(26)30-6-3)16-10-8-7-9-11-16/h7-14,20H,4-6,15H2,1-3H3,(H,24,27). The van der Waals surface area contributed by atoms with Gasteiger partial charge >= 0.3 is 5.97 Å². The van der Waals surface area contributed by atoms with Gasteiger partial charge in [0.2, 0.25) is 10.0 Å². The number of amides is 1. The van der Waals surface area contributed by atoms with E-state index in [4.69, 9.17) is 4.74 Å². The minimum absolute atomic E-state index is 0.150. The lowest BCUT2D eigenvalue weighted by atomic mass is 10.0. The third kappa shape index (κ3) is 6.11. The van der Waals surface area contributed by atoms with E-state index < -0.39 is 39.3 Å². The molecule has 1 unspecified atom stereocenters. The van der Waals surface area contributed by atoms with Gasteiger partial charge in [-0.05, 0) is 30.7 Å². The summed E-state index contributed by atoms with van der Waals surface area (Å²) in [6.45, 7) is 5.73. The maximum absolute atomic E-state index is 14.4. The van der Waals surface area contributed by atoms with Gasteiger partial charge in [-0.1, -0.05) is 44.2 Å². The van der Waals surface area contributed by atoms with E-state index in [0.717, 1.165) is 18.2 Å². The maximum Gasteiger partial charge on any atom is 0.308 e. The smallest absolute Gasteiger partial charge is 0.308 e. The molecule has 0 saturated carbocycles. The van der Waals surface area contributed by atoms with Crippen molar-refractivity contribution in [2.45, 2.75) is 38.1 Å². The number of nitrogens with zero attached hydrogens (tertiary/aromatic N) is 1. The molecule has 0 spiro atoms. The number of benzene rings is 2. The lowest BCUT2D eigenvalue weighted by Crippen LogP contribution is -2.32. The summed E-state index contributed by atoms with van der Waals surface area (Å²) in [6.07, 6.45) is -0.150. The summed E-state index contributed by atoms with van der Waals surface area (Å²) in [4.78, 5) is 24.7. The Labute approximate surface area is 182 Å². The lowest BCUT2D eigenvalue weighted by Gasteiger charge is -2.20. The molecule has 0 aliphatic rings. The Morgan fingerprint density at radius 2 is 1.71 bits per heavy atom. The zero-order chi connectivity index (χ0) is 23.0. The fourth-order valence-corrected chi connectivity index (χ4v) is 4.60. The van der Waals surface area contributed by atoms with Crippen molar-refractivity contribution in [3.63, 3.8) is 0 Å². The highest BCUT2D eigenvalue weighted by atomic mass is 32.2. The van der Waals surface area contributed by atoms with Gasteiger partial charge in [-0.15, -0.1) is 0 Å². The molecular weight excluding hydrogens is 423 g/mol. The molecule has 1 N–H and O–H groups in total. The van der Waals surface area contributed by atoms with Gasteiger partial charge in [0.1, 0.15) is 5.82 Å². The Balaban J connectivity index is 2.36. The highest BCUT2D eigenvalue weighted by Crippen LogP contribution is 2.22. The van der Waals surface area contributed by atoms with Crippen LogP contribution in [0.3, 0.4) is 0 Å². The van der Waals surface area contributed by atoms with Gasteiger partial charge in [-0.2, -0.15) is 4.31 Å². The number of hydrogen-bond acceptors (Lipinski definition) is 5. The van der Waals surface area contributed by atoms with Crippen molar-refractivity contribution in [3.8, 4) is 0 Å². The van der Waals surface area contributed by atoms with Crippen molar-refractivity contribution in [1.82, 2.24) is 9.62 Å². The van der Waals surface area contributed by atoms with Crippen LogP contribution in [0.25, 0.3) is 0 Å². The van der Waals surface area contributed by atoms with E-state index in [0.29, 0.717) is 5.56 Å². The topological polar surface area (TPSA) is 92.8 Å². The van der Waals surface area contributed by atoms with Crippen molar-refractivity contribution < 1.29 is 27.1 Å². The number of rotatable bonds is 10. The van der Waals surface area contributed by atoms with Crippen LogP contribution in [0.4, 0.5) is 4.39 Å². The molecule has 1 amide bonds. The van der Waals surface area contributed by atoms with Gasteiger partial charge in [-0.3, -0.25) is 9.59 Å². The number of hydrogen-bond donors (Lipinski definition) is 1. The van der Waals surface area contributed by atoms with Crippen LogP contribution in [0.15, 0.2) is 53.4 Å². The largest absolute Gasteiger partial charge is 0.466 e. The van der Waals surface area contributed by atoms with E-state index in [9.17, 15) is 22.4 Å². The summed E-state index contributed by atoms with van der Waals surface area (Å²) in [5.41, 5.74) is 0.217. The molecule has 0 fully saturated rings. The van der Waals surface area contributed by atoms with Crippen LogP contribution in [0.5, 0.6) is 0 Å². The van der Waals surface area contributed by atoms with Gasteiger partial charge in [0.25, 0.3) is 5.91 Å². The summed E-state index contributed by atoms with van der Waals surface area (Å²) < 4.78 is 46.1. The summed E-state index contributed by atoms with van der Waals surface area (Å²) in [5.74, 6) is -2.21. The molecule has 9 heteroatoms. The SMILES string of the molecule is CCOC(=O)CC(NC(=O)c1cc(S(=O)(=O)N(CC)CC)ccc1F)c1ccccc1. The second-order valence-corrected chi connectivity index (χ2v) is 8.61. The van der Waals surface area contributed by atoms with Gasteiger partial charge < -0.3 is 10.1 Å². The minimum atomic E-state index is -3.87. The number of ether oxygens (including phenoxy) is 1. The summed E-state index contributed by atoms with van der Waals surface area (Å²) in [7, 11) is -3.87. The highest BCUT2D eigenvalue weighted by molar-refractivity contribution is 7.89.